The number of carbonyl (C=O) groups excluding carboxylic acids is 2. The van der Waals surface area contributed by atoms with Crippen molar-refractivity contribution in [2.45, 2.75) is 39.3 Å². The summed E-state index contributed by atoms with van der Waals surface area (Å²) in [6, 6.07) is 0. The highest BCUT2D eigenvalue weighted by molar-refractivity contribution is 6.76. The van der Waals surface area contributed by atoms with Gasteiger partial charge in [-0.15, -0.1) is 0 Å². The predicted octanol–water partition coefficient (Wildman–Crippen LogP) is 2.38. The van der Waals surface area contributed by atoms with Gasteiger partial charge in [-0.05, 0) is 0 Å². The summed E-state index contributed by atoms with van der Waals surface area (Å²) in [5.74, 6) is -0.968. The molecule has 0 aliphatic carbocycles. The second kappa shape index (κ2) is 6.89. The van der Waals surface area contributed by atoms with Crippen molar-refractivity contribution in [3.05, 3.63) is 12.2 Å². The van der Waals surface area contributed by atoms with Crippen LogP contribution in [0.25, 0.3) is 0 Å². The molecule has 0 unspecified atom stereocenters. The van der Waals surface area contributed by atoms with Gasteiger partial charge in [0, 0.05) is 12.2 Å². The van der Waals surface area contributed by atoms with E-state index in [2.05, 4.69) is 39.3 Å². The average molecular weight is 288 g/mol. The fraction of sp³-hybridized carbons (Fsp3) is 0.667. The SMILES string of the molecule is C[Si](C)(C)COC(=O)/C=C/C(=O)OC[Si](C)(C)C. The Bertz CT molecular complexity index is 292. The van der Waals surface area contributed by atoms with E-state index in [-0.39, 0.29) is 0 Å². The first-order valence-corrected chi connectivity index (χ1v) is 13.4. The highest BCUT2D eigenvalue weighted by Crippen LogP contribution is 2.02. The Morgan fingerprint density at radius 1 is 0.778 bits per heavy atom. The van der Waals surface area contributed by atoms with E-state index in [1.54, 1.807) is 0 Å². The quantitative estimate of drug-likeness (QED) is 0.428. The van der Waals surface area contributed by atoms with Gasteiger partial charge in [0.1, 0.15) is 0 Å². The van der Waals surface area contributed by atoms with Gasteiger partial charge in [-0.1, -0.05) is 39.3 Å². The zero-order valence-electron chi connectivity index (χ0n) is 12.2. The minimum Gasteiger partial charge on any atom is -0.466 e. The van der Waals surface area contributed by atoms with Gasteiger partial charge in [-0.3, -0.25) is 0 Å². The number of ether oxygens (including phenoxy) is 2. The van der Waals surface area contributed by atoms with Crippen molar-refractivity contribution in [1.82, 2.24) is 0 Å². The van der Waals surface area contributed by atoms with E-state index in [4.69, 9.17) is 9.47 Å². The van der Waals surface area contributed by atoms with Crippen LogP contribution >= 0.6 is 0 Å². The van der Waals surface area contributed by atoms with Crippen LogP contribution in [0.1, 0.15) is 0 Å². The minimum atomic E-state index is -1.40. The summed E-state index contributed by atoms with van der Waals surface area (Å²) in [4.78, 5) is 22.6. The lowest BCUT2D eigenvalue weighted by molar-refractivity contribution is -0.138. The van der Waals surface area contributed by atoms with E-state index in [9.17, 15) is 9.59 Å². The Morgan fingerprint density at radius 2 is 1.06 bits per heavy atom. The topological polar surface area (TPSA) is 52.6 Å². The maximum atomic E-state index is 11.3. The second-order valence-electron chi connectivity index (χ2n) is 6.67. The van der Waals surface area contributed by atoms with Crippen molar-refractivity contribution in [3.8, 4) is 0 Å². The maximum Gasteiger partial charge on any atom is 0.330 e. The molecule has 0 aromatic rings. The van der Waals surface area contributed by atoms with Crippen LogP contribution in [0.2, 0.25) is 39.3 Å². The van der Waals surface area contributed by atoms with Gasteiger partial charge in [0.05, 0.1) is 28.6 Å². The predicted molar refractivity (Wildman–Crippen MR) is 77.8 cm³/mol. The summed E-state index contributed by atoms with van der Waals surface area (Å²) in [5, 5.41) is 0. The molecule has 104 valence electrons. The molecule has 0 saturated heterocycles. The Kier molecular flexibility index (Phi) is 6.55. The van der Waals surface area contributed by atoms with Crippen LogP contribution in [0.3, 0.4) is 0 Å². The maximum absolute atomic E-state index is 11.3. The molecule has 18 heavy (non-hydrogen) atoms. The molecule has 0 spiro atoms. The number of esters is 2. The summed E-state index contributed by atoms with van der Waals surface area (Å²) in [6.45, 7) is 12.6. The Morgan fingerprint density at radius 3 is 1.28 bits per heavy atom. The van der Waals surface area contributed by atoms with Crippen LogP contribution in [0.5, 0.6) is 0 Å². The third-order valence-electron chi connectivity index (χ3n) is 1.65. The lowest BCUT2D eigenvalue weighted by Gasteiger charge is -2.15. The molecular formula is C12H24O4Si2. The molecule has 0 N–H and O–H groups in total. The van der Waals surface area contributed by atoms with Crippen LogP contribution in [0.15, 0.2) is 12.2 Å². The summed E-state index contributed by atoms with van der Waals surface area (Å²) >= 11 is 0. The van der Waals surface area contributed by atoms with Gasteiger partial charge in [-0.2, -0.15) is 0 Å². The fourth-order valence-corrected chi connectivity index (χ4v) is 1.96. The molecule has 0 fully saturated rings. The standard InChI is InChI=1S/C12H24O4Si2/c1-17(2,3)9-15-11(13)7-8-12(14)16-10-18(4,5)6/h7-8H,9-10H2,1-6H3/b8-7+. The van der Waals surface area contributed by atoms with Gasteiger partial charge in [0.15, 0.2) is 0 Å². The van der Waals surface area contributed by atoms with Crippen molar-refractivity contribution in [3.63, 3.8) is 0 Å². The summed E-state index contributed by atoms with van der Waals surface area (Å²) in [6.07, 6.45) is 3.18. The van der Waals surface area contributed by atoms with Crippen LogP contribution in [0.4, 0.5) is 0 Å². The van der Waals surface area contributed by atoms with Crippen molar-refractivity contribution >= 4 is 28.1 Å². The van der Waals surface area contributed by atoms with Gasteiger partial charge in [0.25, 0.3) is 0 Å². The first kappa shape index (κ1) is 17.1. The van der Waals surface area contributed by atoms with E-state index < -0.39 is 28.1 Å². The largest absolute Gasteiger partial charge is 0.466 e. The van der Waals surface area contributed by atoms with E-state index in [0.717, 1.165) is 12.2 Å². The third kappa shape index (κ3) is 11.6. The molecule has 0 aliphatic rings. The molecule has 0 aromatic carbocycles. The highest BCUT2D eigenvalue weighted by atomic mass is 28.3. The van der Waals surface area contributed by atoms with E-state index in [1.807, 2.05) is 0 Å². The molecule has 0 rings (SSSR count). The van der Waals surface area contributed by atoms with Crippen molar-refractivity contribution in [2.24, 2.45) is 0 Å². The smallest absolute Gasteiger partial charge is 0.330 e. The van der Waals surface area contributed by atoms with Crippen LogP contribution in [0, 0.1) is 0 Å². The number of rotatable bonds is 6. The lowest BCUT2D eigenvalue weighted by atomic mass is 10.5. The second-order valence-corrected chi connectivity index (χ2v) is 17.5. The van der Waals surface area contributed by atoms with E-state index in [1.165, 1.54) is 0 Å². The Labute approximate surface area is 111 Å². The molecule has 0 amide bonds. The summed E-state index contributed by atoms with van der Waals surface area (Å²) in [7, 11) is -2.81. The molecule has 0 heterocycles. The fourth-order valence-electron chi connectivity index (χ4n) is 0.808. The number of hydrogen-bond acceptors (Lipinski definition) is 4. The van der Waals surface area contributed by atoms with Gasteiger partial charge < -0.3 is 9.47 Å². The first-order chi connectivity index (χ1) is 7.99. The molecular weight excluding hydrogens is 264 g/mol. The Hall–Kier alpha value is -0.886. The van der Waals surface area contributed by atoms with Crippen molar-refractivity contribution in [1.29, 1.82) is 0 Å². The Balaban J connectivity index is 4.00. The van der Waals surface area contributed by atoms with Gasteiger partial charge in [-0.25, -0.2) is 9.59 Å². The number of hydrogen-bond donors (Lipinski definition) is 0. The molecule has 6 heteroatoms. The van der Waals surface area contributed by atoms with Crippen molar-refractivity contribution in [2.75, 3.05) is 12.5 Å². The number of carbonyl (C=O) groups is 2. The van der Waals surface area contributed by atoms with Crippen molar-refractivity contribution < 1.29 is 19.1 Å². The summed E-state index contributed by atoms with van der Waals surface area (Å²) in [5.41, 5.74) is 0. The average Bonchev–Trinajstić information content (AvgIpc) is 2.18. The minimum absolute atomic E-state index is 0.458. The third-order valence-corrected chi connectivity index (χ3v) is 3.67. The zero-order chi connectivity index (χ0) is 14.4. The lowest BCUT2D eigenvalue weighted by Crippen LogP contribution is -2.30. The van der Waals surface area contributed by atoms with E-state index >= 15 is 0 Å². The highest BCUT2D eigenvalue weighted by Gasteiger charge is 2.16. The molecule has 0 bridgehead atoms. The molecule has 0 atom stereocenters. The molecule has 4 nitrogen and oxygen atoms in total. The summed E-state index contributed by atoms with van der Waals surface area (Å²) < 4.78 is 10.1. The van der Waals surface area contributed by atoms with Gasteiger partial charge >= 0.3 is 11.9 Å². The molecule has 0 radical (unpaired) electrons. The first-order valence-electron chi connectivity index (χ1n) is 6.01. The molecule has 0 aliphatic heterocycles. The van der Waals surface area contributed by atoms with Crippen LogP contribution in [-0.2, 0) is 19.1 Å². The van der Waals surface area contributed by atoms with Crippen LogP contribution in [-0.4, -0.2) is 40.5 Å². The molecule has 0 aromatic heterocycles. The molecule has 0 saturated carbocycles. The normalized spacial score (nSPS) is 12.6. The van der Waals surface area contributed by atoms with E-state index in [0.29, 0.717) is 12.5 Å². The zero-order valence-corrected chi connectivity index (χ0v) is 14.2. The van der Waals surface area contributed by atoms with Gasteiger partial charge in [0.2, 0.25) is 0 Å². The monoisotopic (exact) mass is 288 g/mol. The van der Waals surface area contributed by atoms with Crippen LogP contribution < -0.4 is 0 Å².